The molecule has 0 aliphatic heterocycles. The van der Waals surface area contributed by atoms with E-state index in [0.717, 1.165) is 6.26 Å². The highest BCUT2D eigenvalue weighted by atomic mass is 35.5. The SMILES string of the molecule is CCOc1cc(C=C(C#N)C(=O)Nc2nc(S(C)(=O)=O)ns2)cc(Cl)c1OCc1ccc(F)cc1. The van der Waals surface area contributed by atoms with Crippen LogP contribution < -0.4 is 14.8 Å². The van der Waals surface area contributed by atoms with Gasteiger partial charge in [0.15, 0.2) is 11.5 Å². The van der Waals surface area contributed by atoms with Gasteiger partial charge < -0.3 is 9.47 Å². The van der Waals surface area contributed by atoms with E-state index in [2.05, 4.69) is 14.7 Å². The predicted molar refractivity (Wildman–Crippen MR) is 129 cm³/mol. The smallest absolute Gasteiger partial charge is 0.268 e. The van der Waals surface area contributed by atoms with Crippen molar-refractivity contribution in [1.29, 1.82) is 5.26 Å². The fourth-order valence-corrected chi connectivity index (χ4v) is 4.41. The number of halogens is 2. The topological polar surface area (TPSA) is 131 Å². The minimum Gasteiger partial charge on any atom is -0.490 e. The third-order valence-corrected chi connectivity index (χ3v) is 6.14. The van der Waals surface area contributed by atoms with E-state index >= 15 is 0 Å². The average Bonchev–Trinajstić information content (AvgIpc) is 3.27. The molecule has 0 aliphatic carbocycles. The van der Waals surface area contributed by atoms with Gasteiger partial charge in [0.05, 0.1) is 11.6 Å². The van der Waals surface area contributed by atoms with E-state index in [4.69, 9.17) is 21.1 Å². The minimum atomic E-state index is -3.64. The Morgan fingerprint density at radius 1 is 1.29 bits per heavy atom. The Morgan fingerprint density at radius 3 is 2.60 bits per heavy atom. The number of ether oxygens (including phenoxy) is 2. The molecule has 182 valence electrons. The molecule has 2 aromatic carbocycles. The number of nitriles is 1. The highest BCUT2D eigenvalue weighted by molar-refractivity contribution is 7.90. The quantitative estimate of drug-likeness (QED) is 0.317. The molecule has 1 N–H and O–H groups in total. The van der Waals surface area contributed by atoms with E-state index in [9.17, 15) is 22.9 Å². The summed E-state index contributed by atoms with van der Waals surface area (Å²) < 4.78 is 51.2. The fraction of sp³-hybridized carbons (Fsp3) is 0.182. The molecule has 0 aliphatic rings. The number of nitrogens with zero attached hydrogens (tertiary/aromatic N) is 3. The van der Waals surface area contributed by atoms with E-state index in [0.29, 0.717) is 29.3 Å². The summed E-state index contributed by atoms with van der Waals surface area (Å²) in [6.45, 7) is 2.17. The summed E-state index contributed by atoms with van der Waals surface area (Å²) >= 11 is 7.06. The van der Waals surface area contributed by atoms with Gasteiger partial charge in [-0.25, -0.2) is 12.8 Å². The average molecular weight is 537 g/mol. The second kappa shape index (κ2) is 11.3. The second-order valence-corrected chi connectivity index (χ2v) is 10.0. The van der Waals surface area contributed by atoms with Crippen LogP contribution in [0.2, 0.25) is 5.02 Å². The zero-order chi connectivity index (χ0) is 25.6. The number of rotatable bonds is 9. The largest absolute Gasteiger partial charge is 0.490 e. The van der Waals surface area contributed by atoms with Gasteiger partial charge in [-0.3, -0.25) is 10.1 Å². The maximum Gasteiger partial charge on any atom is 0.268 e. The first-order chi connectivity index (χ1) is 16.6. The monoisotopic (exact) mass is 536 g/mol. The number of hydrogen-bond donors (Lipinski definition) is 1. The van der Waals surface area contributed by atoms with Crippen LogP contribution in [0.25, 0.3) is 6.08 Å². The van der Waals surface area contributed by atoms with Crippen LogP contribution in [0.4, 0.5) is 9.52 Å². The summed E-state index contributed by atoms with van der Waals surface area (Å²) in [6, 6.07) is 10.6. The molecule has 0 radical (unpaired) electrons. The zero-order valence-electron chi connectivity index (χ0n) is 18.4. The van der Waals surface area contributed by atoms with E-state index in [1.54, 1.807) is 31.2 Å². The number of carbonyl (C=O) groups excluding carboxylic acids is 1. The summed E-state index contributed by atoms with van der Waals surface area (Å²) in [6.07, 6.45) is 2.22. The number of aromatic nitrogens is 2. The van der Waals surface area contributed by atoms with Gasteiger partial charge in [-0.05, 0) is 48.4 Å². The molecule has 0 unspecified atom stereocenters. The molecule has 0 atom stereocenters. The van der Waals surface area contributed by atoms with Crippen molar-refractivity contribution in [2.45, 2.75) is 18.7 Å². The molecule has 9 nitrogen and oxygen atoms in total. The summed E-state index contributed by atoms with van der Waals surface area (Å²) in [4.78, 5) is 16.3. The summed E-state index contributed by atoms with van der Waals surface area (Å²) in [5.41, 5.74) is 0.806. The lowest BCUT2D eigenvalue weighted by Gasteiger charge is -2.15. The van der Waals surface area contributed by atoms with Crippen LogP contribution in [-0.4, -0.2) is 36.5 Å². The molecule has 0 fully saturated rings. The molecule has 0 saturated carbocycles. The third-order valence-electron chi connectivity index (χ3n) is 4.26. The Morgan fingerprint density at radius 2 is 2.00 bits per heavy atom. The standard InChI is InChI=1S/C22H18ClFN4O5S2/c1-3-32-18-10-14(9-17(23)19(18)33-12-13-4-6-16(24)7-5-13)8-15(11-25)20(29)26-21-27-22(28-34-21)35(2,30)31/h4-10H,3,12H2,1-2H3,(H,26,27,28,29). The van der Waals surface area contributed by atoms with Crippen LogP contribution in [0.5, 0.6) is 11.5 Å². The lowest BCUT2D eigenvalue weighted by atomic mass is 10.1. The Labute approximate surface area is 209 Å². The van der Waals surface area contributed by atoms with Gasteiger partial charge in [-0.2, -0.15) is 14.6 Å². The number of sulfone groups is 1. The molecule has 1 heterocycles. The predicted octanol–water partition coefficient (Wildman–Crippen LogP) is 4.26. The van der Waals surface area contributed by atoms with Crippen molar-refractivity contribution in [3.8, 4) is 17.6 Å². The molecule has 13 heteroatoms. The number of benzene rings is 2. The normalized spacial score (nSPS) is 11.6. The van der Waals surface area contributed by atoms with E-state index in [-0.39, 0.29) is 39.7 Å². The summed E-state index contributed by atoms with van der Waals surface area (Å²) in [7, 11) is -3.64. The number of amides is 1. The van der Waals surface area contributed by atoms with Crippen LogP contribution in [0.1, 0.15) is 18.1 Å². The van der Waals surface area contributed by atoms with Gasteiger partial charge in [-0.15, -0.1) is 0 Å². The van der Waals surface area contributed by atoms with Crippen molar-refractivity contribution >= 4 is 50.1 Å². The lowest BCUT2D eigenvalue weighted by Crippen LogP contribution is -2.13. The van der Waals surface area contributed by atoms with Crippen molar-refractivity contribution < 1.29 is 27.1 Å². The summed E-state index contributed by atoms with van der Waals surface area (Å²) in [5.74, 6) is -0.639. The van der Waals surface area contributed by atoms with Crippen molar-refractivity contribution in [3.05, 3.63) is 63.9 Å². The van der Waals surface area contributed by atoms with Gasteiger partial charge >= 0.3 is 0 Å². The van der Waals surface area contributed by atoms with Gasteiger partial charge in [0.1, 0.15) is 24.1 Å². The Balaban J connectivity index is 1.83. The number of nitrogens with one attached hydrogen (secondary N) is 1. The molecular formula is C22H18ClFN4O5S2. The third kappa shape index (κ3) is 6.98. The maximum atomic E-state index is 13.1. The van der Waals surface area contributed by atoms with Crippen LogP contribution in [-0.2, 0) is 21.2 Å². The molecule has 0 saturated heterocycles. The molecule has 35 heavy (non-hydrogen) atoms. The van der Waals surface area contributed by atoms with Gasteiger partial charge in [0.2, 0.25) is 15.0 Å². The van der Waals surface area contributed by atoms with Crippen molar-refractivity contribution in [2.75, 3.05) is 18.2 Å². The zero-order valence-corrected chi connectivity index (χ0v) is 20.8. The maximum absolute atomic E-state index is 13.1. The van der Waals surface area contributed by atoms with Crippen LogP contribution in [0.3, 0.4) is 0 Å². The van der Waals surface area contributed by atoms with E-state index in [1.165, 1.54) is 24.3 Å². The first-order valence-electron chi connectivity index (χ1n) is 9.91. The molecule has 3 aromatic rings. The number of hydrogen-bond acceptors (Lipinski definition) is 9. The molecule has 0 bridgehead atoms. The van der Waals surface area contributed by atoms with E-state index < -0.39 is 20.9 Å². The van der Waals surface area contributed by atoms with Crippen molar-refractivity contribution in [1.82, 2.24) is 9.36 Å². The second-order valence-electron chi connectivity index (χ2n) is 6.96. The lowest BCUT2D eigenvalue weighted by molar-refractivity contribution is -0.112. The van der Waals surface area contributed by atoms with Crippen LogP contribution >= 0.6 is 23.1 Å². The Bertz CT molecular complexity index is 1420. The molecule has 3 rings (SSSR count). The Hall–Kier alpha value is -3.53. The van der Waals surface area contributed by atoms with Gasteiger partial charge in [0, 0.05) is 17.8 Å². The van der Waals surface area contributed by atoms with E-state index in [1.807, 2.05) is 0 Å². The highest BCUT2D eigenvalue weighted by Crippen LogP contribution is 2.38. The van der Waals surface area contributed by atoms with Crippen LogP contribution in [0.15, 0.2) is 47.1 Å². The molecule has 1 aromatic heterocycles. The highest BCUT2D eigenvalue weighted by Gasteiger charge is 2.18. The Kier molecular flexibility index (Phi) is 8.39. The number of anilines is 1. The summed E-state index contributed by atoms with van der Waals surface area (Å²) in [5, 5.41) is 11.5. The van der Waals surface area contributed by atoms with Crippen LogP contribution in [0, 0.1) is 17.1 Å². The molecular weight excluding hydrogens is 519 g/mol. The first-order valence-corrected chi connectivity index (χ1v) is 13.0. The van der Waals surface area contributed by atoms with Gasteiger partial charge in [-0.1, -0.05) is 23.7 Å². The number of carbonyl (C=O) groups is 1. The fourth-order valence-electron chi connectivity index (χ4n) is 2.70. The van der Waals surface area contributed by atoms with Crippen molar-refractivity contribution in [2.24, 2.45) is 0 Å². The van der Waals surface area contributed by atoms with Crippen molar-refractivity contribution in [3.63, 3.8) is 0 Å². The first kappa shape index (κ1) is 26.1. The van der Waals surface area contributed by atoms with Gasteiger partial charge in [0.25, 0.3) is 11.1 Å². The molecule has 1 amide bonds. The molecule has 0 spiro atoms. The minimum absolute atomic E-state index is 0.0749.